The Morgan fingerprint density at radius 3 is 2.60 bits per heavy atom. The minimum absolute atomic E-state index is 0.217. The fourth-order valence-corrected chi connectivity index (χ4v) is 2.37. The Morgan fingerprint density at radius 2 is 1.88 bits per heavy atom. The third-order valence-corrected chi connectivity index (χ3v) is 3.80. The van der Waals surface area contributed by atoms with Crippen LogP contribution in [0.15, 0.2) is 58.4 Å². The number of rotatable bonds is 4. The van der Waals surface area contributed by atoms with Gasteiger partial charge in [-0.1, -0.05) is 50.2 Å². The second-order valence-corrected chi connectivity index (χ2v) is 5.95. The predicted molar refractivity (Wildman–Crippen MR) is 98.0 cm³/mol. The molecule has 2 aromatic carbocycles. The van der Waals surface area contributed by atoms with Crippen LogP contribution in [0.2, 0.25) is 0 Å². The van der Waals surface area contributed by atoms with Crippen molar-refractivity contribution < 1.29 is 4.79 Å². The first-order valence-electron chi connectivity index (χ1n) is 7.97. The van der Waals surface area contributed by atoms with E-state index in [1.165, 1.54) is 11.8 Å². The molecule has 1 amide bonds. The molecule has 0 saturated carbocycles. The molecule has 0 fully saturated rings. The number of nitrogens with zero attached hydrogens (tertiary/aromatic N) is 2. The topological polar surface area (TPSA) is 87.2 Å². The molecule has 6 heteroatoms. The highest BCUT2D eigenvalue weighted by Gasteiger charge is 2.12. The Balaban J connectivity index is 1.74. The van der Waals surface area contributed by atoms with Crippen molar-refractivity contribution >= 4 is 23.2 Å². The van der Waals surface area contributed by atoms with Gasteiger partial charge in [0.2, 0.25) is 0 Å². The van der Waals surface area contributed by atoms with E-state index < -0.39 is 11.5 Å². The highest BCUT2D eigenvalue weighted by molar-refractivity contribution is 5.94. The van der Waals surface area contributed by atoms with Gasteiger partial charge in [-0.25, -0.2) is 10.4 Å². The molecule has 0 saturated heterocycles. The third-order valence-electron chi connectivity index (χ3n) is 3.80. The van der Waals surface area contributed by atoms with Crippen LogP contribution in [0, 0.1) is 0 Å². The number of nitrogens with one attached hydrogen (secondary N) is 2. The average Bonchev–Trinajstić information content (AvgIpc) is 2.61. The summed E-state index contributed by atoms with van der Waals surface area (Å²) in [5, 5.41) is 3.90. The summed E-state index contributed by atoms with van der Waals surface area (Å²) >= 11 is 0. The van der Waals surface area contributed by atoms with E-state index >= 15 is 0 Å². The van der Waals surface area contributed by atoms with Gasteiger partial charge in [0.1, 0.15) is 0 Å². The number of hydrogen-bond donors (Lipinski definition) is 2. The molecular weight excluding hydrogens is 316 g/mol. The molecule has 1 heterocycles. The fourth-order valence-electron chi connectivity index (χ4n) is 2.37. The lowest BCUT2D eigenvalue weighted by Crippen LogP contribution is -2.28. The van der Waals surface area contributed by atoms with Gasteiger partial charge < -0.3 is 4.98 Å². The normalized spacial score (nSPS) is 11.3. The zero-order valence-electron chi connectivity index (χ0n) is 14.0. The summed E-state index contributed by atoms with van der Waals surface area (Å²) in [4.78, 5) is 30.8. The highest BCUT2D eigenvalue weighted by atomic mass is 16.2. The number of aromatic amines is 1. The number of para-hydroxylation sites is 2. The monoisotopic (exact) mass is 334 g/mol. The van der Waals surface area contributed by atoms with Crippen LogP contribution in [0.1, 0.15) is 41.4 Å². The van der Waals surface area contributed by atoms with E-state index in [1.54, 1.807) is 24.3 Å². The first kappa shape index (κ1) is 16.6. The van der Waals surface area contributed by atoms with E-state index in [0.29, 0.717) is 17.0 Å². The van der Waals surface area contributed by atoms with E-state index in [-0.39, 0.29) is 5.69 Å². The second kappa shape index (κ2) is 7.09. The van der Waals surface area contributed by atoms with Crippen LogP contribution in [0.25, 0.3) is 11.0 Å². The molecule has 0 aliphatic heterocycles. The van der Waals surface area contributed by atoms with Gasteiger partial charge in [0.15, 0.2) is 5.69 Å². The Hall–Kier alpha value is -3.28. The lowest BCUT2D eigenvalue weighted by Gasteiger charge is -2.04. The Morgan fingerprint density at radius 1 is 1.16 bits per heavy atom. The van der Waals surface area contributed by atoms with Crippen LogP contribution in [-0.4, -0.2) is 22.1 Å². The highest BCUT2D eigenvalue weighted by Crippen LogP contribution is 2.13. The molecule has 25 heavy (non-hydrogen) atoms. The molecule has 2 N–H and O–H groups in total. The number of carbonyl (C=O) groups is 1. The maximum atomic E-state index is 12.1. The van der Waals surface area contributed by atoms with Crippen molar-refractivity contribution in [2.75, 3.05) is 0 Å². The average molecular weight is 334 g/mol. The van der Waals surface area contributed by atoms with Crippen LogP contribution in [0.3, 0.4) is 0 Å². The number of H-pyrrole nitrogens is 1. The molecule has 0 radical (unpaired) electrons. The number of benzene rings is 2. The maximum Gasteiger partial charge on any atom is 0.295 e. The molecule has 3 rings (SSSR count). The van der Waals surface area contributed by atoms with Crippen LogP contribution in [-0.2, 0) is 0 Å². The zero-order chi connectivity index (χ0) is 17.8. The van der Waals surface area contributed by atoms with Crippen LogP contribution < -0.4 is 11.0 Å². The molecule has 0 atom stereocenters. The van der Waals surface area contributed by atoms with Crippen molar-refractivity contribution in [1.82, 2.24) is 15.4 Å². The van der Waals surface area contributed by atoms with Gasteiger partial charge in [0.05, 0.1) is 17.2 Å². The number of fused-ring (bicyclic) bond motifs is 1. The molecule has 0 spiro atoms. The Kier molecular flexibility index (Phi) is 4.70. The lowest BCUT2D eigenvalue weighted by atomic mass is 10.0. The number of hydrogen-bond acceptors (Lipinski definition) is 4. The van der Waals surface area contributed by atoms with Gasteiger partial charge in [-0.2, -0.15) is 5.10 Å². The summed E-state index contributed by atoms with van der Waals surface area (Å²) in [5.74, 6) is -0.196. The van der Waals surface area contributed by atoms with Gasteiger partial charge in [-0.15, -0.1) is 0 Å². The van der Waals surface area contributed by atoms with Crippen LogP contribution in [0.5, 0.6) is 0 Å². The molecule has 0 bridgehead atoms. The lowest BCUT2D eigenvalue weighted by molar-refractivity contribution is 0.0949. The van der Waals surface area contributed by atoms with Gasteiger partial charge in [0, 0.05) is 0 Å². The second-order valence-electron chi connectivity index (χ2n) is 5.95. The SMILES string of the molecule is CC(C)c1ccc(/C=N/NC(=O)c2nc3ccccc3[nH]c2=O)cc1. The van der Waals surface area contributed by atoms with E-state index in [0.717, 1.165) is 5.56 Å². The van der Waals surface area contributed by atoms with Crippen molar-refractivity contribution in [3.05, 3.63) is 75.7 Å². The van der Waals surface area contributed by atoms with Crippen molar-refractivity contribution in [3.63, 3.8) is 0 Å². The molecular formula is C19H18N4O2. The summed E-state index contributed by atoms with van der Waals surface area (Å²) in [5.41, 5.74) is 4.78. The quantitative estimate of drug-likeness (QED) is 0.568. The molecule has 0 aliphatic rings. The molecule has 6 nitrogen and oxygen atoms in total. The minimum Gasteiger partial charge on any atom is -0.319 e. The summed E-state index contributed by atoms with van der Waals surface area (Å²) in [6, 6.07) is 14.9. The summed E-state index contributed by atoms with van der Waals surface area (Å²) in [6.45, 7) is 4.24. The predicted octanol–water partition coefficient (Wildman–Crippen LogP) is 2.81. The Bertz CT molecular complexity index is 988. The molecule has 0 unspecified atom stereocenters. The number of amides is 1. The Labute approximate surface area is 144 Å². The summed E-state index contributed by atoms with van der Waals surface area (Å²) in [6.07, 6.45) is 1.53. The van der Waals surface area contributed by atoms with E-state index in [4.69, 9.17) is 0 Å². The van der Waals surface area contributed by atoms with Crippen molar-refractivity contribution in [1.29, 1.82) is 0 Å². The standard InChI is InChI=1S/C19H18N4O2/c1-12(2)14-9-7-13(8-10-14)11-20-23-19(25)17-18(24)22-16-6-4-3-5-15(16)21-17/h3-12H,1-2H3,(H,22,24)(H,23,25)/b20-11+. The van der Waals surface area contributed by atoms with Gasteiger partial charge in [-0.05, 0) is 29.2 Å². The van der Waals surface area contributed by atoms with Crippen molar-refractivity contribution in [2.45, 2.75) is 19.8 Å². The van der Waals surface area contributed by atoms with Crippen LogP contribution >= 0.6 is 0 Å². The molecule has 1 aromatic heterocycles. The maximum absolute atomic E-state index is 12.1. The number of aromatic nitrogens is 2. The van der Waals surface area contributed by atoms with Gasteiger partial charge in [0.25, 0.3) is 11.5 Å². The van der Waals surface area contributed by atoms with E-state index in [2.05, 4.69) is 34.3 Å². The van der Waals surface area contributed by atoms with Gasteiger partial charge >= 0.3 is 0 Å². The van der Waals surface area contributed by atoms with Gasteiger partial charge in [-0.3, -0.25) is 9.59 Å². The summed E-state index contributed by atoms with van der Waals surface area (Å²) in [7, 11) is 0. The fraction of sp³-hybridized carbons (Fsp3) is 0.158. The zero-order valence-corrected chi connectivity index (χ0v) is 14.0. The van der Waals surface area contributed by atoms with E-state index in [9.17, 15) is 9.59 Å². The first-order chi connectivity index (χ1) is 12.0. The molecule has 0 aliphatic carbocycles. The first-order valence-corrected chi connectivity index (χ1v) is 7.97. The molecule has 3 aromatic rings. The third kappa shape index (κ3) is 3.80. The number of carbonyl (C=O) groups excluding carboxylic acids is 1. The smallest absolute Gasteiger partial charge is 0.295 e. The number of hydrazone groups is 1. The minimum atomic E-state index is -0.651. The van der Waals surface area contributed by atoms with Crippen molar-refractivity contribution in [2.24, 2.45) is 5.10 Å². The van der Waals surface area contributed by atoms with Crippen molar-refractivity contribution in [3.8, 4) is 0 Å². The summed E-state index contributed by atoms with van der Waals surface area (Å²) < 4.78 is 0. The van der Waals surface area contributed by atoms with E-state index in [1.807, 2.05) is 24.3 Å². The largest absolute Gasteiger partial charge is 0.319 e. The molecule has 126 valence electrons. The van der Waals surface area contributed by atoms with Crippen LogP contribution in [0.4, 0.5) is 0 Å².